The van der Waals surface area contributed by atoms with Gasteiger partial charge in [-0.2, -0.15) is 0 Å². The van der Waals surface area contributed by atoms with E-state index in [0.29, 0.717) is 11.3 Å². The number of ether oxygens (including phenoxy) is 3. The van der Waals surface area contributed by atoms with Gasteiger partial charge in [0.2, 0.25) is 0 Å². The van der Waals surface area contributed by atoms with Crippen LogP contribution in [0.4, 0.5) is 5.69 Å². The molecule has 0 amide bonds. The Morgan fingerprint density at radius 2 is 1.79 bits per heavy atom. The second kappa shape index (κ2) is 9.65. The molecule has 0 saturated carbocycles. The first-order chi connectivity index (χ1) is 13.3. The second-order valence-electron chi connectivity index (χ2n) is 6.47. The predicted octanol–water partition coefficient (Wildman–Crippen LogP) is 0.0367. The monoisotopic (exact) mass is 394 g/mol. The van der Waals surface area contributed by atoms with E-state index < -0.39 is 24.1 Å². The summed E-state index contributed by atoms with van der Waals surface area (Å²) >= 11 is 0. The van der Waals surface area contributed by atoms with Crippen LogP contribution < -0.4 is 4.90 Å². The zero-order valence-electron chi connectivity index (χ0n) is 16.4. The van der Waals surface area contributed by atoms with Crippen molar-refractivity contribution in [2.45, 2.75) is 12.1 Å². The normalized spacial score (nSPS) is 16.8. The average Bonchev–Trinajstić information content (AvgIpc) is 2.72. The lowest BCUT2D eigenvalue weighted by Gasteiger charge is -2.32. The van der Waals surface area contributed by atoms with Gasteiger partial charge in [0.25, 0.3) is 0 Å². The van der Waals surface area contributed by atoms with Crippen molar-refractivity contribution in [2.24, 2.45) is 0 Å². The fourth-order valence-corrected chi connectivity index (χ4v) is 2.97. The molecule has 1 aliphatic heterocycles. The van der Waals surface area contributed by atoms with Gasteiger partial charge in [-0.3, -0.25) is 0 Å². The van der Waals surface area contributed by atoms with Crippen LogP contribution >= 0.6 is 0 Å². The van der Waals surface area contributed by atoms with E-state index in [1.54, 1.807) is 43.3 Å². The van der Waals surface area contributed by atoms with Gasteiger partial charge in [-0.1, -0.05) is 12.1 Å². The Hall–Kier alpha value is -2.46. The molecule has 9 nitrogen and oxygen atoms in total. The summed E-state index contributed by atoms with van der Waals surface area (Å²) in [6.45, 7) is -0.219. The number of likely N-dealkylation sites (N-methyl/N-ethyl adjacent to an activating group) is 1. The Bertz CT molecular complexity index is 730. The molecule has 0 aromatic heterocycles. The summed E-state index contributed by atoms with van der Waals surface area (Å²) in [5.74, 6) is -1.35. The molecule has 28 heavy (non-hydrogen) atoms. The lowest BCUT2D eigenvalue weighted by Crippen LogP contribution is -2.39. The second-order valence-corrected chi connectivity index (χ2v) is 6.47. The van der Waals surface area contributed by atoms with Gasteiger partial charge >= 0.3 is 11.9 Å². The molecule has 0 spiro atoms. The van der Waals surface area contributed by atoms with Gasteiger partial charge in [-0.15, -0.1) is 0 Å². The van der Waals surface area contributed by atoms with Crippen molar-refractivity contribution in [1.29, 1.82) is 0 Å². The molecular formula is C19H26N2O7. The first-order valence-corrected chi connectivity index (χ1v) is 8.66. The number of aliphatic hydroxyl groups excluding tert-OH is 2. The van der Waals surface area contributed by atoms with Crippen LogP contribution in [0.1, 0.15) is 11.7 Å². The minimum absolute atomic E-state index is 0.0454. The number of nitrogens with zero attached hydrogens (tertiary/aromatic N) is 2. The van der Waals surface area contributed by atoms with Crippen molar-refractivity contribution in [2.75, 3.05) is 53.2 Å². The third kappa shape index (κ3) is 4.50. The predicted molar refractivity (Wildman–Crippen MR) is 100 cm³/mol. The van der Waals surface area contributed by atoms with Gasteiger partial charge < -0.3 is 34.2 Å². The summed E-state index contributed by atoms with van der Waals surface area (Å²) in [6, 6.07) is 6.30. The number of carbonyl (C=O) groups excluding carboxylic acids is 2. The number of anilines is 1. The van der Waals surface area contributed by atoms with Gasteiger partial charge in [0.1, 0.15) is 12.4 Å². The van der Waals surface area contributed by atoms with Gasteiger partial charge in [0.15, 0.2) is 0 Å². The molecular weight excluding hydrogens is 368 g/mol. The summed E-state index contributed by atoms with van der Waals surface area (Å²) in [7, 11) is 5.99. The fraction of sp³-hybridized carbons (Fsp3) is 0.474. The highest BCUT2D eigenvalue weighted by molar-refractivity contribution is 6.03. The van der Waals surface area contributed by atoms with E-state index in [9.17, 15) is 19.8 Å². The van der Waals surface area contributed by atoms with Gasteiger partial charge in [0.05, 0.1) is 45.2 Å². The summed E-state index contributed by atoms with van der Waals surface area (Å²) in [5.41, 5.74) is 1.29. The minimum atomic E-state index is -0.895. The smallest absolute Gasteiger partial charge is 0.355 e. The molecule has 1 aliphatic rings. The highest BCUT2D eigenvalue weighted by Crippen LogP contribution is 2.29. The fourth-order valence-electron chi connectivity index (χ4n) is 2.97. The van der Waals surface area contributed by atoms with Crippen molar-refractivity contribution in [3.05, 3.63) is 41.1 Å². The molecule has 0 saturated heterocycles. The summed E-state index contributed by atoms with van der Waals surface area (Å²) in [4.78, 5) is 27.6. The quantitative estimate of drug-likeness (QED) is 0.620. The van der Waals surface area contributed by atoms with E-state index >= 15 is 0 Å². The summed E-state index contributed by atoms with van der Waals surface area (Å²) in [5, 5.41) is 20.0. The number of hydrogen-bond acceptors (Lipinski definition) is 9. The van der Waals surface area contributed by atoms with E-state index in [2.05, 4.69) is 0 Å². The Balaban J connectivity index is 2.37. The third-order valence-corrected chi connectivity index (χ3v) is 4.59. The third-order valence-electron chi connectivity index (χ3n) is 4.59. The lowest BCUT2D eigenvalue weighted by molar-refractivity contribution is -0.140. The van der Waals surface area contributed by atoms with Crippen LogP contribution in [0.3, 0.4) is 0 Å². The van der Waals surface area contributed by atoms with Crippen LogP contribution in [-0.2, 0) is 23.8 Å². The molecule has 2 unspecified atom stereocenters. The zero-order chi connectivity index (χ0) is 20.8. The van der Waals surface area contributed by atoms with E-state index in [0.717, 1.165) is 0 Å². The van der Waals surface area contributed by atoms with Crippen LogP contribution in [0.2, 0.25) is 0 Å². The van der Waals surface area contributed by atoms with Gasteiger partial charge in [-0.25, -0.2) is 9.59 Å². The van der Waals surface area contributed by atoms with Crippen molar-refractivity contribution in [3.63, 3.8) is 0 Å². The molecule has 2 N–H and O–H groups in total. The van der Waals surface area contributed by atoms with E-state index in [1.807, 2.05) is 0 Å². The number of aliphatic hydroxyl groups is 2. The molecule has 2 atom stereocenters. The van der Waals surface area contributed by atoms with Crippen LogP contribution in [0.25, 0.3) is 0 Å². The van der Waals surface area contributed by atoms with Crippen LogP contribution in [-0.4, -0.2) is 81.4 Å². The topological polar surface area (TPSA) is 109 Å². The molecule has 154 valence electrons. The highest BCUT2D eigenvalue weighted by atomic mass is 16.5. The molecule has 9 heteroatoms. The van der Waals surface area contributed by atoms with Crippen molar-refractivity contribution in [3.8, 4) is 0 Å². The SMILES string of the molecule is COC(=O)C1=C(C(=O)OC)N(c2ccc(C(O)C(CO)N(C)C)cc2)COC1. The van der Waals surface area contributed by atoms with Crippen molar-refractivity contribution < 1.29 is 34.0 Å². The number of hydrogen-bond donors (Lipinski definition) is 2. The number of rotatable bonds is 7. The molecule has 1 heterocycles. The molecule has 0 aliphatic carbocycles. The lowest BCUT2D eigenvalue weighted by atomic mass is 10.0. The molecule has 0 bridgehead atoms. The number of methoxy groups -OCH3 is 2. The first kappa shape index (κ1) is 21.8. The molecule has 1 aromatic carbocycles. The van der Waals surface area contributed by atoms with Crippen LogP contribution in [0, 0.1) is 0 Å². The average molecular weight is 394 g/mol. The zero-order valence-corrected chi connectivity index (χ0v) is 16.4. The number of carbonyl (C=O) groups is 2. The Morgan fingerprint density at radius 1 is 1.18 bits per heavy atom. The maximum atomic E-state index is 12.3. The molecule has 1 aromatic rings. The minimum Gasteiger partial charge on any atom is -0.466 e. The maximum Gasteiger partial charge on any atom is 0.355 e. The molecule has 0 radical (unpaired) electrons. The standard InChI is InChI=1S/C19H26N2O7/c1-20(2)15(9-22)17(23)12-5-7-13(8-6-12)21-11-28-10-14(18(24)26-3)16(21)19(25)27-4/h5-8,15,17,22-23H,9-11H2,1-4H3. The maximum absolute atomic E-state index is 12.3. The van der Waals surface area contributed by atoms with E-state index in [4.69, 9.17) is 14.2 Å². The summed E-state index contributed by atoms with van der Waals surface area (Å²) in [6.07, 6.45) is -0.895. The van der Waals surface area contributed by atoms with Crippen molar-refractivity contribution >= 4 is 17.6 Å². The van der Waals surface area contributed by atoms with E-state index in [1.165, 1.54) is 19.1 Å². The Labute approximate surface area is 163 Å². The Morgan fingerprint density at radius 3 is 2.29 bits per heavy atom. The van der Waals surface area contributed by atoms with Gasteiger partial charge in [0, 0.05) is 5.69 Å². The van der Waals surface area contributed by atoms with Crippen LogP contribution in [0.15, 0.2) is 35.5 Å². The van der Waals surface area contributed by atoms with Crippen LogP contribution in [0.5, 0.6) is 0 Å². The van der Waals surface area contributed by atoms with E-state index in [-0.39, 0.29) is 31.2 Å². The highest BCUT2D eigenvalue weighted by Gasteiger charge is 2.32. The number of benzene rings is 1. The molecule has 0 fully saturated rings. The first-order valence-electron chi connectivity index (χ1n) is 8.66. The largest absolute Gasteiger partial charge is 0.466 e. The Kier molecular flexibility index (Phi) is 7.53. The number of esters is 2. The molecule has 2 rings (SSSR count). The van der Waals surface area contributed by atoms with Crippen molar-refractivity contribution in [1.82, 2.24) is 4.90 Å². The summed E-state index contributed by atoms with van der Waals surface area (Å²) < 4.78 is 15.0. The van der Waals surface area contributed by atoms with Gasteiger partial charge in [-0.05, 0) is 31.8 Å².